The van der Waals surface area contributed by atoms with Gasteiger partial charge < -0.3 is 15.2 Å². The van der Waals surface area contributed by atoms with E-state index in [0.29, 0.717) is 6.07 Å². The van der Waals surface area contributed by atoms with Crippen LogP contribution in [-0.4, -0.2) is 33.4 Å². The van der Waals surface area contributed by atoms with E-state index >= 15 is 0 Å². The Labute approximate surface area is 133 Å². The molecule has 1 amide bonds. The second-order valence-corrected chi connectivity index (χ2v) is 4.67. The molecule has 10 heteroatoms. The number of amides is 1. The molecule has 0 aliphatic carbocycles. The van der Waals surface area contributed by atoms with Crippen molar-refractivity contribution in [1.82, 2.24) is 9.78 Å². The molecule has 0 saturated heterocycles. The summed E-state index contributed by atoms with van der Waals surface area (Å²) in [5, 5.41) is 14.9. The maximum Gasteiger partial charge on any atom is 0.387 e. The van der Waals surface area contributed by atoms with Gasteiger partial charge in [-0.15, -0.1) is 0 Å². The van der Waals surface area contributed by atoms with Crippen LogP contribution in [0.1, 0.15) is 23.5 Å². The number of hydrogen-bond acceptors (Lipinski definition) is 4. The van der Waals surface area contributed by atoms with Crippen molar-refractivity contribution >= 4 is 17.6 Å². The summed E-state index contributed by atoms with van der Waals surface area (Å²) in [5.74, 6) is -3.30. The van der Waals surface area contributed by atoms with Gasteiger partial charge in [-0.05, 0) is 25.1 Å². The fraction of sp³-hybridized carbons (Fsp3) is 0.214. The summed E-state index contributed by atoms with van der Waals surface area (Å²) in [6.45, 7) is -1.83. The van der Waals surface area contributed by atoms with E-state index in [1.807, 2.05) is 0 Å². The van der Waals surface area contributed by atoms with Gasteiger partial charge in [-0.2, -0.15) is 13.9 Å². The second-order valence-electron chi connectivity index (χ2n) is 4.67. The van der Waals surface area contributed by atoms with Gasteiger partial charge in [-0.3, -0.25) is 9.48 Å². The summed E-state index contributed by atoms with van der Waals surface area (Å²) in [7, 11) is 0. The topological polar surface area (TPSA) is 93.5 Å². The first-order chi connectivity index (χ1) is 11.3. The smallest absolute Gasteiger partial charge is 0.387 e. The number of anilines is 1. The molecule has 128 valence electrons. The maximum atomic E-state index is 13.1. The summed E-state index contributed by atoms with van der Waals surface area (Å²) in [6.07, 6.45) is 1.29. The zero-order valence-corrected chi connectivity index (χ0v) is 12.2. The highest BCUT2D eigenvalue weighted by atomic mass is 19.3. The van der Waals surface area contributed by atoms with Gasteiger partial charge in [-0.25, -0.2) is 9.18 Å². The zero-order chi connectivity index (χ0) is 17.9. The van der Waals surface area contributed by atoms with E-state index in [0.717, 1.165) is 16.8 Å². The monoisotopic (exact) mass is 343 g/mol. The van der Waals surface area contributed by atoms with Crippen molar-refractivity contribution in [3.05, 3.63) is 42.0 Å². The van der Waals surface area contributed by atoms with Gasteiger partial charge in [0.05, 0.1) is 5.69 Å². The van der Waals surface area contributed by atoms with Crippen LogP contribution in [0.2, 0.25) is 0 Å². The highest BCUT2D eigenvalue weighted by Crippen LogP contribution is 2.27. The van der Waals surface area contributed by atoms with E-state index in [9.17, 15) is 22.8 Å². The number of aliphatic carboxylic acids is 1. The summed E-state index contributed by atoms with van der Waals surface area (Å²) < 4.78 is 43.0. The average Bonchev–Trinajstić information content (AvgIpc) is 2.98. The number of nitrogens with one attached hydrogen (secondary N) is 1. The Balaban J connectivity index is 2.19. The van der Waals surface area contributed by atoms with Crippen LogP contribution in [0.25, 0.3) is 0 Å². The quantitative estimate of drug-likeness (QED) is 0.841. The minimum absolute atomic E-state index is 0.143. The molecule has 0 bridgehead atoms. The van der Waals surface area contributed by atoms with Crippen molar-refractivity contribution in [1.29, 1.82) is 0 Å². The molecule has 1 atom stereocenters. The molecule has 0 radical (unpaired) electrons. The summed E-state index contributed by atoms with van der Waals surface area (Å²) in [5.41, 5.74) is -0.321. The lowest BCUT2D eigenvalue weighted by Gasteiger charge is -2.11. The van der Waals surface area contributed by atoms with E-state index in [1.165, 1.54) is 19.2 Å². The van der Waals surface area contributed by atoms with Crippen LogP contribution in [0.4, 0.5) is 18.9 Å². The molecule has 24 heavy (non-hydrogen) atoms. The minimum atomic E-state index is -3.20. The van der Waals surface area contributed by atoms with E-state index < -0.39 is 36.1 Å². The Morgan fingerprint density at radius 1 is 1.33 bits per heavy atom. The predicted octanol–water partition coefficient (Wildman–Crippen LogP) is 2.52. The number of aromatic nitrogens is 2. The highest BCUT2D eigenvalue weighted by molar-refractivity contribution is 6.03. The third-order valence-electron chi connectivity index (χ3n) is 3.00. The van der Waals surface area contributed by atoms with Crippen LogP contribution in [0.5, 0.6) is 5.75 Å². The van der Waals surface area contributed by atoms with Gasteiger partial charge >= 0.3 is 12.6 Å². The number of carboxylic acid groups (broad SMARTS) is 1. The normalized spacial score (nSPS) is 12.0. The predicted molar refractivity (Wildman–Crippen MR) is 75.6 cm³/mol. The first kappa shape index (κ1) is 17.3. The number of nitrogens with zero attached hydrogens (tertiary/aromatic N) is 2. The number of ether oxygens (including phenoxy) is 1. The van der Waals surface area contributed by atoms with Gasteiger partial charge in [0.1, 0.15) is 11.9 Å². The van der Waals surface area contributed by atoms with Gasteiger partial charge in [0, 0.05) is 12.3 Å². The fourth-order valence-corrected chi connectivity index (χ4v) is 1.77. The first-order valence-corrected chi connectivity index (χ1v) is 6.61. The minimum Gasteiger partial charge on any atom is -0.480 e. The molecule has 0 aliphatic heterocycles. The molecule has 1 heterocycles. The van der Waals surface area contributed by atoms with Crippen LogP contribution in [-0.2, 0) is 4.79 Å². The number of carboxylic acids is 1. The number of carbonyl (C=O) groups excluding carboxylic acids is 1. The second kappa shape index (κ2) is 7.02. The number of rotatable bonds is 6. The molecule has 2 rings (SSSR count). The molecule has 1 aromatic carbocycles. The standard InChI is InChI=1S/C14H12F3N3O4/c1-7(13(22)23)20-5-4-10(19-20)12(21)18-9-3-2-8(15)6-11(9)24-14(16)17/h2-7,14H,1H3,(H,18,21)(H,22,23). The molecule has 0 spiro atoms. The lowest BCUT2D eigenvalue weighted by molar-refractivity contribution is -0.140. The molecule has 0 aliphatic rings. The Hall–Kier alpha value is -3.04. The maximum absolute atomic E-state index is 13.1. The lowest BCUT2D eigenvalue weighted by Crippen LogP contribution is -2.18. The van der Waals surface area contributed by atoms with Crippen molar-refractivity contribution in [3.8, 4) is 5.75 Å². The molecular formula is C14H12F3N3O4. The molecular weight excluding hydrogens is 331 g/mol. The number of hydrogen-bond donors (Lipinski definition) is 2. The van der Waals surface area contributed by atoms with Crippen molar-refractivity contribution in [2.45, 2.75) is 19.6 Å². The fourth-order valence-electron chi connectivity index (χ4n) is 1.77. The van der Waals surface area contributed by atoms with Gasteiger partial charge in [0.15, 0.2) is 11.4 Å². The third kappa shape index (κ3) is 4.03. The highest BCUT2D eigenvalue weighted by Gasteiger charge is 2.19. The van der Waals surface area contributed by atoms with Gasteiger partial charge in [-0.1, -0.05) is 0 Å². The van der Waals surface area contributed by atoms with Crippen LogP contribution in [0, 0.1) is 5.82 Å². The molecule has 2 aromatic rings. The van der Waals surface area contributed by atoms with Crippen molar-refractivity contribution in [2.75, 3.05) is 5.32 Å². The lowest BCUT2D eigenvalue weighted by atomic mass is 10.2. The number of carbonyl (C=O) groups is 2. The Bertz CT molecular complexity index is 763. The summed E-state index contributed by atoms with van der Waals surface area (Å²) >= 11 is 0. The van der Waals surface area contributed by atoms with Crippen LogP contribution in [0.3, 0.4) is 0 Å². The SMILES string of the molecule is CC(C(=O)O)n1ccc(C(=O)Nc2ccc(F)cc2OC(F)F)n1. The Morgan fingerprint density at radius 3 is 2.67 bits per heavy atom. The summed E-state index contributed by atoms with van der Waals surface area (Å²) in [4.78, 5) is 22.9. The Morgan fingerprint density at radius 2 is 2.04 bits per heavy atom. The van der Waals surface area contributed by atoms with E-state index in [1.54, 1.807) is 0 Å². The Kier molecular flexibility index (Phi) is 5.07. The van der Waals surface area contributed by atoms with Gasteiger partial charge in [0.2, 0.25) is 0 Å². The number of alkyl halides is 2. The number of benzene rings is 1. The van der Waals surface area contributed by atoms with Crippen LogP contribution < -0.4 is 10.1 Å². The molecule has 0 saturated carbocycles. The molecule has 0 fully saturated rings. The van der Waals surface area contributed by atoms with E-state index in [2.05, 4.69) is 15.2 Å². The molecule has 7 nitrogen and oxygen atoms in total. The van der Waals surface area contributed by atoms with Crippen LogP contribution >= 0.6 is 0 Å². The van der Waals surface area contributed by atoms with Gasteiger partial charge in [0.25, 0.3) is 5.91 Å². The van der Waals surface area contributed by atoms with Crippen LogP contribution in [0.15, 0.2) is 30.5 Å². The van der Waals surface area contributed by atoms with Crippen molar-refractivity contribution in [3.63, 3.8) is 0 Å². The van der Waals surface area contributed by atoms with Crippen molar-refractivity contribution in [2.24, 2.45) is 0 Å². The third-order valence-corrected chi connectivity index (χ3v) is 3.00. The summed E-state index contributed by atoms with van der Waals surface area (Å²) in [6, 6.07) is 2.98. The average molecular weight is 343 g/mol. The van der Waals surface area contributed by atoms with E-state index in [-0.39, 0.29) is 11.4 Å². The van der Waals surface area contributed by atoms with Crippen molar-refractivity contribution < 1.29 is 32.6 Å². The number of halogens is 3. The van der Waals surface area contributed by atoms with E-state index in [4.69, 9.17) is 5.11 Å². The first-order valence-electron chi connectivity index (χ1n) is 6.61. The molecule has 1 unspecified atom stereocenters. The molecule has 1 aromatic heterocycles. The largest absolute Gasteiger partial charge is 0.480 e. The molecule has 2 N–H and O–H groups in total. The zero-order valence-electron chi connectivity index (χ0n) is 12.2.